The standard InChI is InChI=1S/C22H18F2N2O3S2/c1-2-14-5-8-19(31-14)22-26(20(28)11-30-22)25-21(29)16-9-12(3-7-18(16)27)15-6-4-13(23)10-17(15)24/h3-10,22,27H,2,11H2,1H3,(H,25,29). The quantitative estimate of drug-likeness (QED) is 0.569. The zero-order chi connectivity index (χ0) is 22.1. The van der Waals surface area contributed by atoms with Crippen LogP contribution >= 0.6 is 23.1 Å². The molecule has 160 valence electrons. The second-order valence-electron chi connectivity index (χ2n) is 6.88. The van der Waals surface area contributed by atoms with Gasteiger partial charge in [0.1, 0.15) is 22.8 Å². The lowest BCUT2D eigenvalue weighted by Crippen LogP contribution is -2.44. The topological polar surface area (TPSA) is 69.6 Å². The lowest BCUT2D eigenvalue weighted by Gasteiger charge is -2.23. The summed E-state index contributed by atoms with van der Waals surface area (Å²) < 4.78 is 27.4. The highest BCUT2D eigenvalue weighted by atomic mass is 32.2. The molecule has 2 aromatic carbocycles. The van der Waals surface area contributed by atoms with Gasteiger partial charge in [0.25, 0.3) is 11.8 Å². The van der Waals surface area contributed by atoms with Crippen LogP contribution in [0.1, 0.15) is 32.4 Å². The molecule has 1 atom stereocenters. The van der Waals surface area contributed by atoms with Gasteiger partial charge in [-0.25, -0.2) is 13.8 Å². The number of aromatic hydroxyl groups is 1. The van der Waals surface area contributed by atoms with Crippen LogP contribution in [0.2, 0.25) is 0 Å². The Bertz CT molecular complexity index is 1170. The van der Waals surface area contributed by atoms with E-state index in [-0.39, 0.29) is 33.9 Å². The number of phenols is 1. The number of halogens is 2. The van der Waals surface area contributed by atoms with E-state index >= 15 is 0 Å². The van der Waals surface area contributed by atoms with Gasteiger partial charge in [0.05, 0.1) is 11.3 Å². The van der Waals surface area contributed by atoms with Crippen molar-refractivity contribution in [3.8, 4) is 16.9 Å². The maximum atomic E-state index is 14.2. The summed E-state index contributed by atoms with van der Waals surface area (Å²) in [5.74, 6) is -2.55. The molecule has 1 aliphatic rings. The van der Waals surface area contributed by atoms with Crippen molar-refractivity contribution < 1.29 is 23.5 Å². The lowest BCUT2D eigenvalue weighted by molar-refractivity contribution is -0.130. The molecule has 1 saturated heterocycles. The number of nitrogens with one attached hydrogen (secondary N) is 1. The summed E-state index contributed by atoms with van der Waals surface area (Å²) in [6.45, 7) is 2.04. The molecule has 0 radical (unpaired) electrons. The first-order valence-electron chi connectivity index (χ1n) is 9.49. The Morgan fingerprint density at radius 1 is 1.19 bits per heavy atom. The van der Waals surface area contributed by atoms with Gasteiger partial charge >= 0.3 is 0 Å². The van der Waals surface area contributed by atoms with E-state index in [4.69, 9.17) is 0 Å². The Morgan fingerprint density at radius 3 is 2.71 bits per heavy atom. The van der Waals surface area contributed by atoms with Crippen LogP contribution in [0.5, 0.6) is 5.75 Å². The number of hydrogen-bond acceptors (Lipinski definition) is 5. The molecule has 2 amide bonds. The molecule has 5 nitrogen and oxygen atoms in total. The van der Waals surface area contributed by atoms with Gasteiger partial charge < -0.3 is 5.11 Å². The number of aryl methyl sites for hydroxylation is 1. The van der Waals surface area contributed by atoms with E-state index in [1.165, 1.54) is 45.9 Å². The number of thiophene rings is 1. The number of amides is 2. The van der Waals surface area contributed by atoms with Crippen molar-refractivity contribution in [1.29, 1.82) is 0 Å². The van der Waals surface area contributed by atoms with Crippen molar-refractivity contribution in [1.82, 2.24) is 10.4 Å². The molecule has 4 rings (SSSR count). The molecule has 2 N–H and O–H groups in total. The number of hydrogen-bond donors (Lipinski definition) is 2. The number of carbonyl (C=O) groups is 2. The molecule has 1 unspecified atom stereocenters. The number of benzene rings is 2. The van der Waals surface area contributed by atoms with Gasteiger partial charge in [-0.3, -0.25) is 15.0 Å². The first-order chi connectivity index (χ1) is 14.9. The van der Waals surface area contributed by atoms with Crippen LogP contribution in [-0.4, -0.2) is 27.7 Å². The van der Waals surface area contributed by atoms with E-state index in [9.17, 15) is 23.5 Å². The lowest BCUT2D eigenvalue weighted by atomic mass is 10.0. The van der Waals surface area contributed by atoms with E-state index < -0.39 is 17.5 Å². The highest BCUT2D eigenvalue weighted by Crippen LogP contribution is 2.40. The van der Waals surface area contributed by atoms with E-state index in [0.29, 0.717) is 5.56 Å². The van der Waals surface area contributed by atoms with Gasteiger partial charge in [0, 0.05) is 21.4 Å². The van der Waals surface area contributed by atoms with E-state index in [2.05, 4.69) is 5.43 Å². The molecule has 1 aliphatic heterocycles. The van der Waals surface area contributed by atoms with Crippen molar-refractivity contribution in [2.75, 3.05) is 5.75 Å². The third-order valence-electron chi connectivity index (χ3n) is 4.85. The monoisotopic (exact) mass is 460 g/mol. The molecule has 0 saturated carbocycles. The van der Waals surface area contributed by atoms with Crippen molar-refractivity contribution in [2.45, 2.75) is 18.7 Å². The molecule has 9 heteroatoms. The number of hydrazine groups is 1. The Morgan fingerprint density at radius 2 is 2.00 bits per heavy atom. The van der Waals surface area contributed by atoms with Crippen LogP contribution in [0.25, 0.3) is 11.1 Å². The largest absolute Gasteiger partial charge is 0.507 e. The third kappa shape index (κ3) is 4.28. The summed E-state index contributed by atoms with van der Waals surface area (Å²) in [5.41, 5.74) is 2.85. The Hall–Kier alpha value is -2.91. The Balaban J connectivity index is 1.61. The second-order valence-corrected chi connectivity index (χ2v) is 9.15. The van der Waals surface area contributed by atoms with Crippen LogP contribution in [-0.2, 0) is 11.2 Å². The minimum Gasteiger partial charge on any atom is -0.507 e. The van der Waals surface area contributed by atoms with Gasteiger partial charge in [0.2, 0.25) is 0 Å². The number of nitrogens with zero attached hydrogens (tertiary/aromatic N) is 1. The maximum absolute atomic E-state index is 14.2. The molecular formula is C22H18F2N2O3S2. The fourth-order valence-corrected chi connectivity index (χ4v) is 5.53. The van der Waals surface area contributed by atoms with Gasteiger partial charge in [-0.05, 0) is 48.4 Å². The van der Waals surface area contributed by atoms with Crippen LogP contribution in [0, 0.1) is 11.6 Å². The van der Waals surface area contributed by atoms with E-state index in [1.807, 2.05) is 19.1 Å². The molecule has 0 aliphatic carbocycles. The fraction of sp³-hybridized carbons (Fsp3) is 0.182. The number of rotatable bonds is 5. The minimum atomic E-state index is -0.785. The van der Waals surface area contributed by atoms with Crippen molar-refractivity contribution in [3.05, 3.63) is 75.5 Å². The normalized spacial score (nSPS) is 16.0. The van der Waals surface area contributed by atoms with Gasteiger partial charge in [-0.15, -0.1) is 23.1 Å². The second kappa shape index (κ2) is 8.68. The zero-order valence-electron chi connectivity index (χ0n) is 16.4. The molecule has 0 spiro atoms. The average Bonchev–Trinajstić information content (AvgIpc) is 3.35. The molecule has 31 heavy (non-hydrogen) atoms. The highest BCUT2D eigenvalue weighted by molar-refractivity contribution is 8.00. The molecule has 3 aromatic rings. The first-order valence-corrected chi connectivity index (χ1v) is 11.4. The van der Waals surface area contributed by atoms with Gasteiger partial charge in [-0.2, -0.15) is 0 Å². The number of phenolic OH excluding ortho intramolecular Hbond substituents is 1. The zero-order valence-corrected chi connectivity index (χ0v) is 18.0. The smallest absolute Gasteiger partial charge is 0.273 e. The molecular weight excluding hydrogens is 442 g/mol. The highest BCUT2D eigenvalue weighted by Gasteiger charge is 2.35. The predicted molar refractivity (Wildman–Crippen MR) is 117 cm³/mol. The van der Waals surface area contributed by atoms with Gasteiger partial charge in [0.15, 0.2) is 0 Å². The minimum absolute atomic E-state index is 0.0896. The van der Waals surface area contributed by atoms with Crippen molar-refractivity contribution >= 4 is 34.9 Å². The van der Waals surface area contributed by atoms with Crippen LogP contribution < -0.4 is 5.43 Å². The third-order valence-corrected chi connectivity index (χ3v) is 7.47. The fourth-order valence-electron chi connectivity index (χ4n) is 3.25. The molecule has 1 fully saturated rings. The molecule has 1 aromatic heterocycles. The predicted octanol–water partition coefficient (Wildman–Crippen LogP) is 4.88. The van der Waals surface area contributed by atoms with E-state index in [0.717, 1.165) is 23.4 Å². The molecule has 0 bridgehead atoms. The molecule has 2 heterocycles. The summed E-state index contributed by atoms with van der Waals surface area (Å²) >= 11 is 2.98. The van der Waals surface area contributed by atoms with E-state index in [1.54, 1.807) is 11.3 Å². The average molecular weight is 461 g/mol. The van der Waals surface area contributed by atoms with Crippen LogP contribution in [0.15, 0.2) is 48.5 Å². The Kier molecular flexibility index (Phi) is 5.97. The number of thioether (sulfide) groups is 1. The van der Waals surface area contributed by atoms with Crippen LogP contribution in [0.3, 0.4) is 0 Å². The summed E-state index contributed by atoms with van der Waals surface area (Å²) in [5, 5.41) is 11.1. The van der Waals surface area contributed by atoms with Crippen molar-refractivity contribution in [3.63, 3.8) is 0 Å². The summed E-state index contributed by atoms with van der Waals surface area (Å²) in [6, 6.07) is 11.1. The van der Waals surface area contributed by atoms with Gasteiger partial charge in [-0.1, -0.05) is 13.0 Å². The first kappa shape index (κ1) is 21.3. The van der Waals surface area contributed by atoms with Crippen molar-refractivity contribution in [2.24, 2.45) is 0 Å². The Labute approximate surface area is 185 Å². The van der Waals surface area contributed by atoms with Crippen LogP contribution in [0.4, 0.5) is 8.78 Å². The summed E-state index contributed by atoms with van der Waals surface area (Å²) in [7, 11) is 0. The summed E-state index contributed by atoms with van der Waals surface area (Å²) in [4.78, 5) is 27.4. The summed E-state index contributed by atoms with van der Waals surface area (Å²) in [6.07, 6.45) is 0.878. The SMILES string of the molecule is CCc1ccc(C2SCC(=O)N2NC(=O)c2cc(-c3ccc(F)cc3F)ccc2O)s1. The maximum Gasteiger partial charge on any atom is 0.273 e. The number of carbonyl (C=O) groups excluding carboxylic acids is 2.